The third-order valence-corrected chi connectivity index (χ3v) is 4.10. The van der Waals surface area contributed by atoms with Crippen LogP contribution in [0.1, 0.15) is 22.1 Å². The first kappa shape index (κ1) is 17.9. The number of halogens is 1. The lowest BCUT2D eigenvalue weighted by Gasteiger charge is -1.99. The van der Waals surface area contributed by atoms with Crippen LogP contribution < -0.4 is 0 Å². The van der Waals surface area contributed by atoms with Gasteiger partial charge in [0.1, 0.15) is 0 Å². The fraction of sp³-hybridized carbons (Fsp3) is 0.105. The average Bonchev–Trinajstić information content (AvgIpc) is 3.34. The maximum Gasteiger partial charge on any atom is 0.361 e. The summed E-state index contributed by atoms with van der Waals surface area (Å²) in [5.41, 5.74) is 2.05. The van der Waals surface area contributed by atoms with Crippen LogP contribution >= 0.6 is 11.6 Å². The van der Waals surface area contributed by atoms with Gasteiger partial charge in [0.2, 0.25) is 5.89 Å². The summed E-state index contributed by atoms with van der Waals surface area (Å²) in [6, 6.07) is 16.3. The molecule has 9 heteroatoms. The van der Waals surface area contributed by atoms with Crippen molar-refractivity contribution in [3.8, 4) is 17.1 Å². The molecule has 2 heterocycles. The highest BCUT2D eigenvalue weighted by Gasteiger charge is 2.19. The summed E-state index contributed by atoms with van der Waals surface area (Å²) in [4.78, 5) is 13.7. The molecule has 0 aliphatic rings. The van der Waals surface area contributed by atoms with Gasteiger partial charge in [0, 0.05) is 10.6 Å². The highest BCUT2D eigenvalue weighted by atomic mass is 35.5. The lowest BCUT2D eigenvalue weighted by atomic mass is 10.2. The Kier molecular flexibility index (Phi) is 4.86. The molecule has 28 heavy (non-hydrogen) atoms. The molecule has 0 aliphatic heterocycles. The predicted molar refractivity (Wildman–Crippen MR) is 100.0 cm³/mol. The van der Waals surface area contributed by atoms with Gasteiger partial charge < -0.3 is 9.15 Å². The largest absolute Gasteiger partial charge is 0.451 e. The monoisotopic (exact) mass is 395 g/mol. The average molecular weight is 396 g/mol. The zero-order valence-corrected chi connectivity index (χ0v) is 15.5. The summed E-state index contributed by atoms with van der Waals surface area (Å²) in [6.07, 6.45) is 0. The van der Waals surface area contributed by atoms with Gasteiger partial charge >= 0.3 is 5.97 Å². The van der Waals surface area contributed by atoms with Crippen molar-refractivity contribution in [2.24, 2.45) is 0 Å². The molecule has 0 N–H and O–H groups in total. The summed E-state index contributed by atoms with van der Waals surface area (Å²) >= 11 is 5.86. The molecule has 0 fully saturated rings. The number of hydrogen-bond donors (Lipinski definition) is 0. The van der Waals surface area contributed by atoms with Crippen molar-refractivity contribution in [1.29, 1.82) is 0 Å². The smallest absolute Gasteiger partial charge is 0.361 e. The minimum Gasteiger partial charge on any atom is -0.451 e. The Hall–Kier alpha value is -3.52. The van der Waals surface area contributed by atoms with Crippen LogP contribution in [0.15, 0.2) is 59.0 Å². The van der Waals surface area contributed by atoms with E-state index in [1.54, 1.807) is 31.2 Å². The van der Waals surface area contributed by atoms with Crippen molar-refractivity contribution < 1.29 is 13.9 Å². The molecule has 0 amide bonds. The van der Waals surface area contributed by atoms with Gasteiger partial charge in [-0.3, -0.25) is 0 Å². The van der Waals surface area contributed by atoms with E-state index in [0.717, 1.165) is 11.3 Å². The van der Waals surface area contributed by atoms with Crippen molar-refractivity contribution in [2.75, 3.05) is 0 Å². The fourth-order valence-corrected chi connectivity index (χ4v) is 2.59. The number of benzene rings is 2. The highest BCUT2D eigenvalue weighted by molar-refractivity contribution is 6.30. The second-order valence-corrected chi connectivity index (χ2v) is 6.28. The van der Waals surface area contributed by atoms with Crippen molar-refractivity contribution >= 4 is 17.6 Å². The summed E-state index contributed by atoms with van der Waals surface area (Å²) in [6.45, 7) is 1.52. The predicted octanol–water partition coefficient (Wildman–Crippen LogP) is 3.64. The van der Waals surface area contributed by atoms with Gasteiger partial charge in [-0.25, -0.2) is 4.79 Å². The van der Waals surface area contributed by atoms with E-state index in [9.17, 15) is 4.79 Å². The molecule has 2 aromatic heterocycles. The van der Waals surface area contributed by atoms with Crippen LogP contribution in [-0.2, 0) is 11.3 Å². The molecule has 0 atom stereocenters. The lowest BCUT2D eigenvalue weighted by molar-refractivity contribution is 0.0430. The molecule has 2 aromatic carbocycles. The molecule has 4 rings (SSSR count). The Morgan fingerprint density at radius 2 is 1.82 bits per heavy atom. The third kappa shape index (κ3) is 3.77. The van der Waals surface area contributed by atoms with E-state index in [-0.39, 0.29) is 18.2 Å². The molecular formula is C19H14ClN5O3. The molecule has 4 aromatic rings. The number of nitrogens with zero attached hydrogens (tertiary/aromatic N) is 5. The van der Waals surface area contributed by atoms with Gasteiger partial charge in [0.05, 0.1) is 11.4 Å². The zero-order chi connectivity index (χ0) is 19.5. The highest BCUT2D eigenvalue weighted by Crippen LogP contribution is 2.20. The number of esters is 1. The molecule has 0 saturated carbocycles. The van der Waals surface area contributed by atoms with Crippen LogP contribution in [-0.4, -0.2) is 31.2 Å². The quantitative estimate of drug-likeness (QED) is 0.476. The number of rotatable bonds is 5. The van der Waals surface area contributed by atoms with Crippen LogP contribution in [0.3, 0.4) is 0 Å². The summed E-state index contributed by atoms with van der Waals surface area (Å²) < 4.78 is 10.8. The van der Waals surface area contributed by atoms with E-state index in [2.05, 4.69) is 20.4 Å². The Labute approximate surface area is 164 Å². The molecule has 0 aliphatic carbocycles. The SMILES string of the molecule is Cc1nn(-c2ccccc2)nc1C(=O)OCc1nnc(-c2ccc(Cl)cc2)o1. The first-order valence-electron chi connectivity index (χ1n) is 8.35. The van der Waals surface area contributed by atoms with Gasteiger partial charge in [-0.05, 0) is 43.3 Å². The van der Waals surface area contributed by atoms with Crippen LogP contribution in [0.25, 0.3) is 17.1 Å². The number of carbonyl (C=O) groups is 1. The van der Waals surface area contributed by atoms with E-state index in [1.807, 2.05) is 30.3 Å². The number of aryl methyl sites for hydroxylation is 1. The van der Waals surface area contributed by atoms with E-state index < -0.39 is 5.97 Å². The minimum absolute atomic E-state index is 0.126. The van der Waals surface area contributed by atoms with Crippen LogP contribution in [0, 0.1) is 6.92 Å². The van der Waals surface area contributed by atoms with Crippen molar-refractivity contribution in [1.82, 2.24) is 25.2 Å². The van der Waals surface area contributed by atoms with Gasteiger partial charge in [0.25, 0.3) is 5.89 Å². The number of para-hydroxylation sites is 1. The zero-order valence-electron chi connectivity index (χ0n) is 14.7. The van der Waals surface area contributed by atoms with Gasteiger partial charge in [-0.2, -0.15) is 9.90 Å². The normalized spacial score (nSPS) is 10.8. The summed E-state index contributed by atoms with van der Waals surface area (Å²) in [5, 5.41) is 16.9. The maximum atomic E-state index is 12.4. The third-order valence-electron chi connectivity index (χ3n) is 3.85. The first-order valence-corrected chi connectivity index (χ1v) is 8.73. The van der Waals surface area contributed by atoms with Crippen LogP contribution in [0.2, 0.25) is 5.02 Å². The van der Waals surface area contributed by atoms with Crippen molar-refractivity contribution in [3.63, 3.8) is 0 Å². The van der Waals surface area contributed by atoms with E-state index in [4.69, 9.17) is 20.8 Å². The molecular weight excluding hydrogens is 382 g/mol. The molecule has 0 radical (unpaired) electrons. The lowest BCUT2D eigenvalue weighted by Crippen LogP contribution is -2.08. The van der Waals surface area contributed by atoms with Crippen LogP contribution in [0.4, 0.5) is 0 Å². The Bertz CT molecular complexity index is 1110. The standard InChI is InChI=1S/C19H14ClN5O3/c1-12-17(24-25(23-12)15-5-3-2-4-6-15)19(26)27-11-16-21-22-18(28-16)13-7-9-14(20)10-8-13/h2-10H,11H2,1H3. The second kappa shape index (κ2) is 7.61. The number of aromatic nitrogens is 5. The molecule has 0 spiro atoms. The van der Waals surface area contributed by atoms with E-state index in [1.165, 1.54) is 4.80 Å². The Morgan fingerprint density at radius 1 is 1.07 bits per heavy atom. The second-order valence-electron chi connectivity index (χ2n) is 5.84. The van der Waals surface area contributed by atoms with Crippen LogP contribution in [0.5, 0.6) is 0 Å². The molecule has 0 saturated heterocycles. The molecule has 8 nitrogen and oxygen atoms in total. The van der Waals surface area contributed by atoms with Crippen molar-refractivity contribution in [3.05, 3.63) is 76.9 Å². The van der Waals surface area contributed by atoms with Crippen molar-refractivity contribution in [2.45, 2.75) is 13.5 Å². The number of hydrogen-bond acceptors (Lipinski definition) is 7. The summed E-state index contributed by atoms with van der Waals surface area (Å²) in [5.74, 6) is -0.133. The Morgan fingerprint density at radius 3 is 2.57 bits per heavy atom. The minimum atomic E-state index is -0.620. The number of carbonyl (C=O) groups excluding carboxylic acids is 1. The fourth-order valence-electron chi connectivity index (χ4n) is 2.46. The topological polar surface area (TPSA) is 95.9 Å². The summed E-state index contributed by atoms with van der Waals surface area (Å²) in [7, 11) is 0. The maximum absolute atomic E-state index is 12.4. The van der Waals surface area contributed by atoms with Gasteiger partial charge in [-0.15, -0.1) is 15.3 Å². The Balaban J connectivity index is 1.44. The first-order chi connectivity index (χ1) is 13.6. The number of ether oxygens (including phenoxy) is 1. The molecule has 140 valence electrons. The molecule has 0 unspecified atom stereocenters. The molecule has 0 bridgehead atoms. The van der Waals surface area contributed by atoms with Gasteiger partial charge in [0.15, 0.2) is 12.3 Å². The van der Waals surface area contributed by atoms with E-state index >= 15 is 0 Å². The van der Waals surface area contributed by atoms with E-state index in [0.29, 0.717) is 16.6 Å². The van der Waals surface area contributed by atoms with Gasteiger partial charge in [-0.1, -0.05) is 29.8 Å².